The van der Waals surface area contributed by atoms with Crippen LogP contribution in [0.1, 0.15) is 30.1 Å². The lowest BCUT2D eigenvalue weighted by atomic mass is 10.2. The van der Waals surface area contributed by atoms with Crippen molar-refractivity contribution in [3.63, 3.8) is 0 Å². The topological polar surface area (TPSA) is 87.1 Å². The third kappa shape index (κ3) is 3.72. The Kier molecular flexibility index (Phi) is 4.80. The fourth-order valence-corrected chi connectivity index (χ4v) is 2.44. The maximum atomic E-state index is 11.8. The van der Waals surface area contributed by atoms with Gasteiger partial charge >= 0.3 is 5.97 Å². The second kappa shape index (κ2) is 6.58. The molecule has 2 rings (SSSR count). The van der Waals surface area contributed by atoms with Crippen LogP contribution in [0.15, 0.2) is 24.3 Å². The third-order valence-electron chi connectivity index (χ3n) is 3.56. The van der Waals surface area contributed by atoms with Gasteiger partial charge in [0.25, 0.3) is 0 Å². The molecule has 0 radical (unpaired) electrons. The number of rotatable bonds is 5. The van der Waals surface area contributed by atoms with E-state index >= 15 is 0 Å². The molecule has 0 bridgehead atoms. The highest BCUT2D eigenvalue weighted by Crippen LogP contribution is 2.21. The van der Waals surface area contributed by atoms with Gasteiger partial charge in [0, 0.05) is 13.0 Å². The lowest BCUT2D eigenvalue weighted by Gasteiger charge is -2.24. The van der Waals surface area contributed by atoms with Crippen LogP contribution in [-0.4, -0.2) is 52.3 Å². The minimum Gasteiger partial charge on any atom is -0.491 e. The average Bonchev–Trinajstić information content (AvgIpc) is 2.85. The molecule has 0 saturated carbocycles. The molecular formula is C15H19NO5. The van der Waals surface area contributed by atoms with Crippen molar-refractivity contribution in [3.8, 4) is 5.75 Å². The molecule has 1 fully saturated rings. The van der Waals surface area contributed by atoms with Gasteiger partial charge in [-0.15, -0.1) is 0 Å². The van der Waals surface area contributed by atoms with E-state index in [9.17, 15) is 14.7 Å². The Morgan fingerprint density at radius 2 is 2.00 bits per heavy atom. The SMILES string of the molecule is CCC(=O)N1C[C@@H](O)C[C@H]1COc1ccc(C(=O)O)cc1. The van der Waals surface area contributed by atoms with E-state index in [1.54, 1.807) is 24.0 Å². The van der Waals surface area contributed by atoms with Crippen molar-refractivity contribution in [2.24, 2.45) is 0 Å². The summed E-state index contributed by atoms with van der Waals surface area (Å²) >= 11 is 0. The first-order valence-electron chi connectivity index (χ1n) is 6.95. The molecule has 2 N–H and O–H groups in total. The van der Waals surface area contributed by atoms with Crippen LogP contribution in [0.25, 0.3) is 0 Å². The molecule has 0 spiro atoms. The molecule has 1 aromatic rings. The number of likely N-dealkylation sites (tertiary alicyclic amines) is 1. The molecule has 1 saturated heterocycles. The molecule has 1 heterocycles. The zero-order chi connectivity index (χ0) is 15.4. The normalized spacial score (nSPS) is 21.3. The number of carboxylic acid groups (broad SMARTS) is 1. The predicted molar refractivity (Wildman–Crippen MR) is 75.3 cm³/mol. The van der Waals surface area contributed by atoms with Gasteiger partial charge in [0.05, 0.1) is 17.7 Å². The lowest BCUT2D eigenvalue weighted by Crippen LogP contribution is -2.38. The van der Waals surface area contributed by atoms with Gasteiger partial charge in [-0.1, -0.05) is 6.92 Å². The summed E-state index contributed by atoms with van der Waals surface area (Å²) in [7, 11) is 0. The Labute approximate surface area is 122 Å². The summed E-state index contributed by atoms with van der Waals surface area (Å²) in [5, 5.41) is 18.5. The second-order valence-corrected chi connectivity index (χ2v) is 5.08. The lowest BCUT2D eigenvalue weighted by molar-refractivity contribution is -0.132. The zero-order valence-corrected chi connectivity index (χ0v) is 11.9. The molecule has 114 valence electrons. The summed E-state index contributed by atoms with van der Waals surface area (Å²) in [4.78, 5) is 24.2. The Hall–Kier alpha value is -2.08. The van der Waals surface area contributed by atoms with Gasteiger partial charge in [-0.2, -0.15) is 0 Å². The van der Waals surface area contributed by atoms with Gasteiger partial charge in [-0.3, -0.25) is 4.79 Å². The van der Waals surface area contributed by atoms with E-state index in [1.807, 2.05) is 0 Å². The van der Waals surface area contributed by atoms with E-state index in [-0.39, 0.29) is 24.1 Å². The largest absolute Gasteiger partial charge is 0.491 e. The standard InChI is InChI=1S/C15H19NO5/c1-2-14(18)16-8-12(17)7-11(16)9-21-13-5-3-10(4-6-13)15(19)20/h3-6,11-12,17H,2,7-9H2,1H3,(H,19,20)/t11-,12-/m0/s1. The minimum absolute atomic E-state index is 0.00127. The number of benzene rings is 1. The zero-order valence-electron chi connectivity index (χ0n) is 11.9. The van der Waals surface area contributed by atoms with Crippen LogP contribution in [0, 0.1) is 0 Å². The maximum Gasteiger partial charge on any atom is 0.335 e. The number of β-amino-alcohol motifs (C(OH)–C–C–N with tert-alkyl or cyclic N) is 1. The second-order valence-electron chi connectivity index (χ2n) is 5.08. The number of ether oxygens (including phenoxy) is 1. The van der Waals surface area contributed by atoms with Crippen LogP contribution in [-0.2, 0) is 4.79 Å². The summed E-state index contributed by atoms with van der Waals surface area (Å²) in [6, 6.07) is 5.96. The van der Waals surface area contributed by atoms with Gasteiger partial charge in [0.15, 0.2) is 0 Å². The van der Waals surface area contributed by atoms with Crippen molar-refractivity contribution in [3.05, 3.63) is 29.8 Å². The molecule has 21 heavy (non-hydrogen) atoms. The molecule has 0 aromatic heterocycles. The van der Waals surface area contributed by atoms with Crippen LogP contribution in [0.5, 0.6) is 5.75 Å². The van der Waals surface area contributed by atoms with Gasteiger partial charge in [0.2, 0.25) is 5.91 Å². The summed E-state index contributed by atoms with van der Waals surface area (Å²) in [6.45, 7) is 2.42. The highest BCUT2D eigenvalue weighted by molar-refractivity contribution is 5.87. The molecule has 0 aliphatic carbocycles. The van der Waals surface area contributed by atoms with E-state index in [1.165, 1.54) is 12.1 Å². The highest BCUT2D eigenvalue weighted by atomic mass is 16.5. The Morgan fingerprint density at radius 3 is 2.57 bits per heavy atom. The van der Waals surface area contributed by atoms with Crippen molar-refractivity contribution >= 4 is 11.9 Å². The van der Waals surface area contributed by atoms with E-state index in [4.69, 9.17) is 9.84 Å². The van der Waals surface area contributed by atoms with E-state index in [0.717, 1.165) is 0 Å². The number of carbonyl (C=O) groups excluding carboxylic acids is 1. The smallest absolute Gasteiger partial charge is 0.335 e. The number of hydrogen-bond donors (Lipinski definition) is 2. The number of carbonyl (C=O) groups is 2. The van der Waals surface area contributed by atoms with E-state index in [2.05, 4.69) is 0 Å². The Bertz CT molecular complexity index is 513. The third-order valence-corrected chi connectivity index (χ3v) is 3.56. The van der Waals surface area contributed by atoms with Gasteiger partial charge < -0.3 is 19.8 Å². The van der Waals surface area contributed by atoms with Crippen molar-refractivity contribution in [2.75, 3.05) is 13.2 Å². The average molecular weight is 293 g/mol. The molecule has 2 atom stereocenters. The van der Waals surface area contributed by atoms with Crippen LogP contribution in [0.2, 0.25) is 0 Å². The number of carboxylic acids is 1. The van der Waals surface area contributed by atoms with Crippen LogP contribution >= 0.6 is 0 Å². The van der Waals surface area contributed by atoms with Crippen molar-refractivity contribution in [2.45, 2.75) is 31.9 Å². The molecule has 1 amide bonds. The quantitative estimate of drug-likeness (QED) is 0.850. The molecule has 1 aliphatic heterocycles. The first-order chi connectivity index (χ1) is 10.0. The summed E-state index contributed by atoms with van der Waals surface area (Å²) in [6.07, 6.45) is 0.388. The summed E-state index contributed by atoms with van der Waals surface area (Å²) < 4.78 is 5.60. The van der Waals surface area contributed by atoms with Crippen molar-refractivity contribution in [1.29, 1.82) is 0 Å². The monoisotopic (exact) mass is 293 g/mol. The molecular weight excluding hydrogens is 274 g/mol. The van der Waals surface area contributed by atoms with E-state index in [0.29, 0.717) is 25.1 Å². The number of nitrogens with zero attached hydrogens (tertiary/aromatic N) is 1. The van der Waals surface area contributed by atoms with Crippen LogP contribution < -0.4 is 4.74 Å². The molecule has 1 aliphatic rings. The minimum atomic E-state index is -0.986. The summed E-state index contributed by atoms with van der Waals surface area (Å²) in [5.74, 6) is -0.438. The van der Waals surface area contributed by atoms with Crippen molar-refractivity contribution < 1.29 is 24.5 Å². The first kappa shape index (κ1) is 15.3. The Balaban J connectivity index is 1.95. The van der Waals surface area contributed by atoms with Crippen molar-refractivity contribution in [1.82, 2.24) is 4.90 Å². The van der Waals surface area contributed by atoms with Gasteiger partial charge in [-0.25, -0.2) is 4.79 Å². The molecule has 0 unspecified atom stereocenters. The predicted octanol–water partition coefficient (Wildman–Crippen LogP) is 1.14. The molecule has 6 nitrogen and oxygen atoms in total. The fraction of sp³-hybridized carbons (Fsp3) is 0.467. The van der Waals surface area contributed by atoms with E-state index < -0.39 is 12.1 Å². The van der Waals surface area contributed by atoms with Crippen LogP contribution in [0.3, 0.4) is 0 Å². The number of aromatic carboxylic acids is 1. The molecule has 1 aromatic carbocycles. The number of hydrogen-bond acceptors (Lipinski definition) is 4. The summed E-state index contributed by atoms with van der Waals surface area (Å²) in [5.41, 5.74) is 0.196. The maximum absolute atomic E-state index is 11.8. The first-order valence-corrected chi connectivity index (χ1v) is 6.95. The van der Waals surface area contributed by atoms with Gasteiger partial charge in [0.1, 0.15) is 12.4 Å². The number of aliphatic hydroxyl groups is 1. The molecule has 6 heteroatoms. The highest BCUT2D eigenvalue weighted by Gasteiger charge is 2.33. The van der Waals surface area contributed by atoms with Crippen LogP contribution in [0.4, 0.5) is 0 Å². The Morgan fingerprint density at radius 1 is 1.33 bits per heavy atom. The number of amides is 1. The fourth-order valence-electron chi connectivity index (χ4n) is 2.44. The van der Waals surface area contributed by atoms with Gasteiger partial charge in [-0.05, 0) is 30.7 Å². The number of aliphatic hydroxyl groups excluding tert-OH is 1.